The van der Waals surface area contributed by atoms with E-state index in [0.717, 1.165) is 26.2 Å². The van der Waals surface area contributed by atoms with Crippen LogP contribution in [0.25, 0.3) is 11.1 Å². The quantitative estimate of drug-likeness (QED) is 0.411. The molecule has 0 radical (unpaired) electrons. The molecule has 4 aliphatic rings. The molecule has 0 spiro atoms. The van der Waals surface area contributed by atoms with Crippen molar-refractivity contribution in [1.29, 1.82) is 5.26 Å². The first-order valence-corrected chi connectivity index (χ1v) is 14.2. The number of rotatable bonds is 7. The van der Waals surface area contributed by atoms with Crippen molar-refractivity contribution in [2.75, 3.05) is 57.3 Å². The third-order valence-electron chi connectivity index (χ3n) is 8.99. The molecular weight excluding hydrogens is 612 g/mol. The van der Waals surface area contributed by atoms with Crippen LogP contribution in [0.4, 0.5) is 14.9 Å². The van der Waals surface area contributed by atoms with Gasteiger partial charge in [0.1, 0.15) is 17.3 Å². The summed E-state index contributed by atoms with van der Waals surface area (Å²) in [4.78, 5) is 35.3. The highest BCUT2D eigenvalue weighted by Crippen LogP contribution is 2.62. The number of anilines is 1. The predicted octanol–water partition coefficient (Wildman–Crippen LogP) is 2.10. The smallest absolute Gasteiger partial charge is 0.414 e. The number of halogens is 3. The topological polar surface area (TPSA) is 133 Å². The number of nitrogens with zero attached hydrogens (tertiary/aromatic N) is 8. The van der Waals surface area contributed by atoms with E-state index in [2.05, 4.69) is 31.6 Å². The number of hydrogen-bond acceptors (Lipinski definition) is 9. The van der Waals surface area contributed by atoms with E-state index >= 15 is 4.39 Å². The van der Waals surface area contributed by atoms with E-state index in [1.807, 2.05) is 4.90 Å². The largest absolute Gasteiger partial charge is 0.442 e. The summed E-state index contributed by atoms with van der Waals surface area (Å²) in [5, 5.41) is 21.1. The molecule has 44 heavy (non-hydrogen) atoms. The summed E-state index contributed by atoms with van der Waals surface area (Å²) in [5.74, 6) is -0.271. The summed E-state index contributed by atoms with van der Waals surface area (Å²) in [6.45, 7) is 5.68. The summed E-state index contributed by atoms with van der Waals surface area (Å²) in [6, 6.07) is 10.7. The molecule has 1 aromatic carbocycles. The molecule has 1 saturated carbocycles. The summed E-state index contributed by atoms with van der Waals surface area (Å²) in [5.41, 5.74) is 1.26. The number of likely N-dealkylation sites (tertiary alicyclic amines) is 1. The van der Waals surface area contributed by atoms with Gasteiger partial charge in [-0.25, -0.2) is 13.9 Å². The molecule has 15 heteroatoms. The second-order valence-electron chi connectivity index (χ2n) is 11.4. The number of hydrogen-bond donors (Lipinski definition) is 1. The lowest BCUT2D eigenvalue weighted by Gasteiger charge is -2.29. The van der Waals surface area contributed by atoms with Gasteiger partial charge in [0.05, 0.1) is 43.3 Å². The number of carbonyl (C=O) groups is 2. The summed E-state index contributed by atoms with van der Waals surface area (Å²) in [7, 11) is 0. The molecule has 12 nitrogen and oxygen atoms in total. The molecule has 0 bridgehead atoms. The fourth-order valence-corrected chi connectivity index (χ4v) is 6.67. The Morgan fingerprint density at radius 1 is 1.14 bits per heavy atom. The van der Waals surface area contributed by atoms with E-state index in [1.54, 1.807) is 47.5 Å². The Kier molecular flexibility index (Phi) is 9.08. The lowest BCUT2D eigenvalue weighted by Crippen LogP contribution is -2.48. The molecule has 232 valence electrons. The lowest BCUT2D eigenvalue weighted by molar-refractivity contribution is -0.132. The van der Waals surface area contributed by atoms with Gasteiger partial charge in [-0.3, -0.25) is 19.6 Å². The predicted molar refractivity (Wildman–Crippen MR) is 162 cm³/mol. The highest BCUT2D eigenvalue weighted by atomic mass is 35.5. The zero-order chi connectivity index (χ0) is 28.8. The number of benzene rings is 1. The average molecular weight is 645 g/mol. The Bertz CT molecular complexity index is 1530. The number of piperazine rings is 1. The number of pyridine rings is 1. The number of piperidine rings is 1. The summed E-state index contributed by atoms with van der Waals surface area (Å²) >= 11 is 0. The maximum Gasteiger partial charge on any atom is 0.414 e. The summed E-state index contributed by atoms with van der Waals surface area (Å²) in [6.07, 6.45) is 3.85. The van der Waals surface area contributed by atoms with E-state index in [9.17, 15) is 14.9 Å². The van der Waals surface area contributed by atoms with Crippen molar-refractivity contribution < 1.29 is 18.7 Å². The van der Waals surface area contributed by atoms with Crippen LogP contribution in [0.2, 0.25) is 0 Å². The van der Waals surface area contributed by atoms with Crippen LogP contribution in [0.15, 0.2) is 48.9 Å². The molecule has 4 fully saturated rings. The van der Waals surface area contributed by atoms with Gasteiger partial charge in [-0.2, -0.15) is 5.26 Å². The van der Waals surface area contributed by atoms with Gasteiger partial charge >= 0.3 is 6.09 Å². The molecule has 1 aliphatic carbocycles. The Hall–Kier alpha value is -3.83. The molecule has 1 N–H and O–H groups in total. The first kappa shape index (κ1) is 31.6. The number of carbonyl (C=O) groups excluding carboxylic acids is 2. The standard InChI is InChI=1S/C29H30FN9O3.2ClH/c30-25-11-20(39-14-21(42-28(39)41)13-38-10-7-34-35-38)2-3-22(25)19-1-4-26(33-12-19)29(18-31)23-15-37(16-24(23)29)27(40)17-36-8-5-32-6-9-36;;/h1-4,7,10-12,21,23-24,32H,5-6,8-9,13-17H2;2*1H/t21-,23?,24?,29?;;/m0../s1. The van der Waals surface area contributed by atoms with E-state index in [4.69, 9.17) is 4.74 Å². The maximum absolute atomic E-state index is 15.3. The lowest BCUT2D eigenvalue weighted by atomic mass is 9.95. The second-order valence-corrected chi connectivity index (χ2v) is 11.4. The van der Waals surface area contributed by atoms with Crippen LogP contribution in [0.3, 0.4) is 0 Å². The second kappa shape index (κ2) is 12.6. The molecule has 3 saturated heterocycles. The molecule has 3 aliphatic heterocycles. The summed E-state index contributed by atoms with van der Waals surface area (Å²) < 4.78 is 22.3. The number of cyclic esters (lactones) is 1. The minimum atomic E-state index is -0.717. The molecule has 2 aromatic heterocycles. The highest BCUT2D eigenvalue weighted by Gasteiger charge is 2.71. The Morgan fingerprint density at radius 3 is 2.55 bits per heavy atom. The van der Waals surface area contributed by atoms with Gasteiger partial charge in [0.25, 0.3) is 0 Å². The SMILES string of the molecule is Cl.Cl.N#CC1(c2ccc(-c3ccc(N4C[C@H](Cn5ccnn5)OC4=O)cc3F)cn2)C2CN(C(=O)CN3CCNCC3)CC21. The van der Waals surface area contributed by atoms with Crippen molar-refractivity contribution in [3.05, 3.63) is 60.4 Å². The van der Waals surface area contributed by atoms with Crippen molar-refractivity contribution in [2.24, 2.45) is 11.8 Å². The molecule has 7 rings (SSSR count). The van der Waals surface area contributed by atoms with Crippen LogP contribution in [-0.4, -0.2) is 100 Å². The number of amides is 2. The average Bonchev–Trinajstić information content (AvgIpc) is 3.51. The van der Waals surface area contributed by atoms with Gasteiger partial charge in [0.15, 0.2) is 0 Å². The minimum absolute atomic E-state index is 0. The molecule has 2 unspecified atom stereocenters. The van der Waals surface area contributed by atoms with Crippen LogP contribution in [0.1, 0.15) is 5.69 Å². The zero-order valence-corrected chi connectivity index (χ0v) is 25.3. The van der Waals surface area contributed by atoms with Crippen molar-refractivity contribution in [3.8, 4) is 17.2 Å². The fourth-order valence-electron chi connectivity index (χ4n) is 6.67. The van der Waals surface area contributed by atoms with E-state index in [1.165, 1.54) is 11.0 Å². The monoisotopic (exact) mass is 643 g/mol. The van der Waals surface area contributed by atoms with Gasteiger partial charge in [0, 0.05) is 74.6 Å². The highest BCUT2D eigenvalue weighted by molar-refractivity contribution is 5.90. The number of ether oxygens (including phenoxy) is 1. The van der Waals surface area contributed by atoms with E-state index in [0.29, 0.717) is 48.7 Å². The molecule has 2 amide bonds. The first-order valence-electron chi connectivity index (χ1n) is 14.2. The van der Waals surface area contributed by atoms with E-state index in [-0.39, 0.29) is 49.1 Å². The van der Waals surface area contributed by atoms with Crippen molar-refractivity contribution in [1.82, 2.24) is 35.1 Å². The normalized spacial score (nSPS) is 25.8. The van der Waals surface area contributed by atoms with Crippen LogP contribution < -0.4 is 10.2 Å². The number of aromatic nitrogens is 4. The van der Waals surface area contributed by atoms with E-state index < -0.39 is 23.4 Å². The molecule has 3 atom stereocenters. The van der Waals surface area contributed by atoms with Crippen molar-refractivity contribution >= 4 is 42.5 Å². The Morgan fingerprint density at radius 2 is 1.91 bits per heavy atom. The molecule has 5 heterocycles. The van der Waals surface area contributed by atoms with Crippen molar-refractivity contribution in [2.45, 2.75) is 18.1 Å². The third kappa shape index (κ3) is 5.59. The Balaban J connectivity index is 0.00000192. The van der Waals surface area contributed by atoms with Crippen LogP contribution in [0.5, 0.6) is 0 Å². The minimum Gasteiger partial charge on any atom is -0.442 e. The van der Waals surface area contributed by atoms with Crippen LogP contribution in [-0.2, 0) is 21.5 Å². The van der Waals surface area contributed by atoms with Gasteiger partial charge in [-0.15, -0.1) is 29.9 Å². The van der Waals surface area contributed by atoms with Gasteiger partial charge in [-0.05, 0) is 24.3 Å². The first-order chi connectivity index (χ1) is 20.5. The molecule has 3 aromatic rings. The third-order valence-corrected chi connectivity index (χ3v) is 8.99. The Labute approximate surface area is 266 Å². The zero-order valence-electron chi connectivity index (χ0n) is 23.7. The van der Waals surface area contributed by atoms with Crippen LogP contribution in [0, 0.1) is 29.0 Å². The fraction of sp³-hybridized carbons (Fsp3) is 0.448. The maximum atomic E-state index is 15.3. The van der Waals surface area contributed by atoms with Gasteiger partial charge in [0.2, 0.25) is 5.91 Å². The van der Waals surface area contributed by atoms with Gasteiger partial charge in [-0.1, -0.05) is 11.3 Å². The van der Waals surface area contributed by atoms with Crippen molar-refractivity contribution in [3.63, 3.8) is 0 Å². The number of nitrogens with one attached hydrogen (secondary N) is 1. The van der Waals surface area contributed by atoms with Crippen LogP contribution >= 0.6 is 24.8 Å². The number of fused-ring (bicyclic) bond motifs is 1. The molecular formula is C29H32Cl2FN9O3. The van der Waals surface area contributed by atoms with Gasteiger partial charge < -0.3 is 15.0 Å². The number of nitriles is 1.